The molecule has 1 heterocycles. The van der Waals surface area contributed by atoms with Crippen LogP contribution in [0.25, 0.3) is 10.9 Å². The number of aliphatic carboxylic acids is 1. The molecule has 1 amide bonds. The molecule has 176 valence electrons. The minimum absolute atomic E-state index is 0.0326. The Kier molecular flexibility index (Phi) is 7.59. The highest BCUT2D eigenvalue weighted by Crippen LogP contribution is 2.33. The van der Waals surface area contributed by atoms with Gasteiger partial charge in [0.15, 0.2) is 5.78 Å². The average Bonchev–Trinajstić information content (AvgIpc) is 3.11. The van der Waals surface area contributed by atoms with E-state index in [1.807, 2.05) is 6.07 Å². The Morgan fingerprint density at radius 2 is 1.84 bits per heavy atom. The largest absolute Gasteiger partial charge is 0.490 e. The number of Topliss-reactive ketones (excluding diaryl/α,β-unsaturated/α-hetero) is 1. The minimum atomic E-state index is -5.08. The zero-order valence-electron chi connectivity index (χ0n) is 17.4. The summed E-state index contributed by atoms with van der Waals surface area (Å²) in [4.78, 5) is 38.8. The number of carbonyl (C=O) groups is 3. The molecule has 0 radical (unpaired) electrons. The van der Waals surface area contributed by atoms with E-state index in [0.717, 1.165) is 10.9 Å². The lowest BCUT2D eigenvalue weighted by Gasteiger charge is -2.40. The molecule has 0 spiro atoms. The van der Waals surface area contributed by atoms with Gasteiger partial charge in [-0.2, -0.15) is 13.2 Å². The van der Waals surface area contributed by atoms with Crippen LogP contribution in [-0.4, -0.2) is 64.5 Å². The van der Waals surface area contributed by atoms with Gasteiger partial charge in [0.2, 0.25) is 5.91 Å². The second kappa shape index (κ2) is 9.47. The molecule has 32 heavy (non-hydrogen) atoms. The number of benzene rings is 1. The van der Waals surface area contributed by atoms with Gasteiger partial charge in [-0.05, 0) is 43.5 Å². The number of aromatic amines is 1. The highest BCUT2D eigenvalue weighted by Gasteiger charge is 2.46. The van der Waals surface area contributed by atoms with Crippen molar-refractivity contribution in [2.24, 2.45) is 17.4 Å². The lowest BCUT2D eigenvalue weighted by molar-refractivity contribution is -0.192. The average molecular weight is 477 g/mol. The van der Waals surface area contributed by atoms with Crippen LogP contribution in [0.4, 0.5) is 13.2 Å². The number of rotatable bonds is 3. The summed E-state index contributed by atoms with van der Waals surface area (Å²) in [6.45, 7) is 0. The standard InChI is InChI=1S/C18H23ClN4O2.C2HF3O2/c1-23(2)17(25)10-5-6-18(21,15(20)9-10)16(24)14-8-11-7-12(19)3-4-13(11)22-14;3-2(4,5)1(6)7/h3-4,7-8,10,15,22H,5-6,9,20-21H2,1-2H3;(H,6,7). The van der Waals surface area contributed by atoms with Crippen molar-refractivity contribution in [3.8, 4) is 0 Å². The second-order valence-electron chi connectivity index (χ2n) is 7.90. The molecule has 3 rings (SSSR count). The number of hydrogen-bond acceptors (Lipinski definition) is 5. The molecule has 1 aromatic carbocycles. The summed E-state index contributed by atoms with van der Waals surface area (Å²) in [7, 11) is 3.44. The summed E-state index contributed by atoms with van der Waals surface area (Å²) >= 11 is 6.00. The molecule has 3 atom stereocenters. The summed E-state index contributed by atoms with van der Waals surface area (Å²) in [5, 5.41) is 8.58. The molecule has 1 aliphatic rings. The predicted octanol–water partition coefficient (Wildman–Crippen LogP) is 2.55. The lowest BCUT2D eigenvalue weighted by Crippen LogP contribution is -2.64. The summed E-state index contributed by atoms with van der Waals surface area (Å²) in [6.07, 6.45) is -3.74. The van der Waals surface area contributed by atoms with Crippen molar-refractivity contribution in [3.05, 3.63) is 35.0 Å². The predicted molar refractivity (Wildman–Crippen MR) is 112 cm³/mol. The van der Waals surface area contributed by atoms with E-state index in [2.05, 4.69) is 4.98 Å². The molecule has 6 N–H and O–H groups in total. The second-order valence-corrected chi connectivity index (χ2v) is 8.33. The Morgan fingerprint density at radius 1 is 1.25 bits per heavy atom. The van der Waals surface area contributed by atoms with E-state index in [9.17, 15) is 22.8 Å². The fourth-order valence-electron chi connectivity index (χ4n) is 3.58. The molecule has 1 fully saturated rings. The summed E-state index contributed by atoms with van der Waals surface area (Å²) in [6, 6.07) is 6.56. The number of nitrogens with one attached hydrogen (secondary N) is 1. The van der Waals surface area contributed by atoms with Gasteiger partial charge in [0, 0.05) is 42.0 Å². The van der Waals surface area contributed by atoms with Crippen molar-refractivity contribution in [2.75, 3.05) is 14.1 Å². The number of nitrogens with zero attached hydrogens (tertiary/aromatic N) is 1. The topological polar surface area (TPSA) is 143 Å². The third-order valence-corrected chi connectivity index (χ3v) is 5.62. The van der Waals surface area contributed by atoms with Crippen molar-refractivity contribution in [1.82, 2.24) is 9.88 Å². The molecule has 12 heteroatoms. The number of halogens is 4. The molecular weight excluding hydrogens is 453 g/mol. The van der Waals surface area contributed by atoms with Gasteiger partial charge in [0.25, 0.3) is 0 Å². The maximum Gasteiger partial charge on any atom is 0.490 e. The smallest absolute Gasteiger partial charge is 0.475 e. The lowest BCUT2D eigenvalue weighted by atomic mass is 9.70. The maximum absolute atomic E-state index is 13.0. The summed E-state index contributed by atoms with van der Waals surface area (Å²) in [5.41, 5.74) is 12.7. The van der Waals surface area contributed by atoms with Crippen LogP contribution in [0.5, 0.6) is 0 Å². The normalized spacial score (nSPS) is 23.2. The van der Waals surface area contributed by atoms with Gasteiger partial charge in [-0.1, -0.05) is 11.6 Å². The Labute approximate surface area is 186 Å². The highest BCUT2D eigenvalue weighted by atomic mass is 35.5. The van der Waals surface area contributed by atoms with E-state index in [1.165, 1.54) is 0 Å². The van der Waals surface area contributed by atoms with Gasteiger partial charge < -0.3 is 26.5 Å². The number of carboxylic acid groups (broad SMARTS) is 1. The van der Waals surface area contributed by atoms with E-state index >= 15 is 0 Å². The van der Waals surface area contributed by atoms with Crippen LogP contribution in [0.2, 0.25) is 5.02 Å². The third-order valence-electron chi connectivity index (χ3n) is 5.39. The fourth-order valence-corrected chi connectivity index (χ4v) is 3.76. The molecule has 1 aromatic heterocycles. The van der Waals surface area contributed by atoms with Gasteiger partial charge in [-0.15, -0.1) is 0 Å². The number of H-pyrrole nitrogens is 1. The van der Waals surface area contributed by atoms with E-state index < -0.39 is 23.7 Å². The van der Waals surface area contributed by atoms with Gasteiger partial charge >= 0.3 is 12.1 Å². The first kappa shape index (κ1) is 25.6. The maximum atomic E-state index is 13.0. The Balaban J connectivity index is 0.000000451. The van der Waals surface area contributed by atoms with Crippen LogP contribution < -0.4 is 11.5 Å². The zero-order valence-corrected chi connectivity index (χ0v) is 18.1. The quantitative estimate of drug-likeness (QED) is 0.501. The van der Waals surface area contributed by atoms with Crippen molar-refractivity contribution in [2.45, 2.75) is 37.0 Å². The molecule has 0 aliphatic heterocycles. The van der Waals surface area contributed by atoms with Crippen molar-refractivity contribution in [3.63, 3.8) is 0 Å². The van der Waals surface area contributed by atoms with Crippen LogP contribution in [-0.2, 0) is 9.59 Å². The number of hydrogen-bond donors (Lipinski definition) is 4. The van der Waals surface area contributed by atoms with Gasteiger partial charge in [0.05, 0.1) is 11.2 Å². The number of nitrogens with two attached hydrogens (primary N) is 2. The molecule has 1 saturated carbocycles. The number of alkyl halides is 3. The SMILES string of the molecule is CN(C)C(=O)C1CCC(N)(C(=O)c2cc3cc(Cl)ccc3[nH]2)C(N)C1.O=C(O)C(F)(F)F. The van der Waals surface area contributed by atoms with Gasteiger partial charge in [0.1, 0.15) is 0 Å². The number of amides is 1. The molecule has 2 aromatic rings. The van der Waals surface area contributed by atoms with Crippen LogP contribution >= 0.6 is 11.6 Å². The number of aromatic nitrogens is 1. The van der Waals surface area contributed by atoms with E-state index in [1.54, 1.807) is 37.2 Å². The monoisotopic (exact) mass is 476 g/mol. The first-order chi connectivity index (χ1) is 14.7. The molecular formula is C20H24ClF3N4O4. The van der Waals surface area contributed by atoms with Gasteiger partial charge in [-0.25, -0.2) is 4.79 Å². The fraction of sp³-hybridized carbons (Fsp3) is 0.450. The number of fused-ring (bicyclic) bond motifs is 1. The van der Waals surface area contributed by atoms with Crippen LogP contribution in [0.15, 0.2) is 24.3 Å². The molecule has 1 aliphatic carbocycles. The molecule has 0 saturated heterocycles. The molecule has 8 nitrogen and oxygen atoms in total. The highest BCUT2D eigenvalue weighted by molar-refractivity contribution is 6.31. The Bertz CT molecular complexity index is 1020. The van der Waals surface area contributed by atoms with Crippen LogP contribution in [0.3, 0.4) is 0 Å². The molecule has 0 bridgehead atoms. The number of ketones is 1. The Hall–Kier alpha value is -2.63. The van der Waals surface area contributed by atoms with Crippen molar-refractivity contribution >= 4 is 40.2 Å². The summed E-state index contributed by atoms with van der Waals surface area (Å²) < 4.78 is 31.7. The Morgan fingerprint density at radius 3 is 2.34 bits per heavy atom. The van der Waals surface area contributed by atoms with Crippen LogP contribution in [0, 0.1) is 5.92 Å². The minimum Gasteiger partial charge on any atom is -0.475 e. The van der Waals surface area contributed by atoms with Crippen molar-refractivity contribution < 1.29 is 32.7 Å². The first-order valence-electron chi connectivity index (χ1n) is 9.55. The van der Waals surface area contributed by atoms with Crippen molar-refractivity contribution in [1.29, 1.82) is 0 Å². The third kappa shape index (κ3) is 5.59. The molecule has 3 unspecified atom stereocenters. The number of carboxylic acids is 1. The van der Waals surface area contributed by atoms with E-state index in [0.29, 0.717) is 30.0 Å². The summed E-state index contributed by atoms with van der Waals surface area (Å²) in [5.74, 6) is -3.13. The number of carbonyl (C=O) groups excluding carboxylic acids is 2. The van der Waals surface area contributed by atoms with Gasteiger partial charge in [-0.3, -0.25) is 9.59 Å². The van der Waals surface area contributed by atoms with Crippen LogP contribution in [0.1, 0.15) is 29.8 Å². The van der Waals surface area contributed by atoms with E-state index in [-0.39, 0.29) is 17.6 Å². The van der Waals surface area contributed by atoms with E-state index in [4.69, 9.17) is 33.0 Å². The zero-order chi connectivity index (χ0) is 24.4. The first-order valence-corrected chi connectivity index (χ1v) is 9.93.